The van der Waals surface area contributed by atoms with Crippen molar-refractivity contribution in [2.45, 2.75) is 12.5 Å². The first-order chi connectivity index (χ1) is 11.6. The van der Waals surface area contributed by atoms with Gasteiger partial charge in [0.05, 0.1) is 31.0 Å². The lowest BCUT2D eigenvalue weighted by Gasteiger charge is -2.40. The predicted molar refractivity (Wildman–Crippen MR) is 91.2 cm³/mol. The fraction of sp³-hybridized carbons (Fsp3) is 0.647. The van der Waals surface area contributed by atoms with Crippen molar-refractivity contribution in [3.8, 4) is 5.88 Å². The highest BCUT2D eigenvalue weighted by Gasteiger charge is 2.35. The summed E-state index contributed by atoms with van der Waals surface area (Å²) in [7, 11) is 3.60. The third-order valence-electron chi connectivity index (χ3n) is 4.98. The van der Waals surface area contributed by atoms with Gasteiger partial charge < -0.3 is 24.5 Å². The Hall–Kier alpha value is -1.86. The summed E-state index contributed by atoms with van der Waals surface area (Å²) in [5, 5.41) is 10.2. The largest absolute Gasteiger partial charge is 0.481 e. The summed E-state index contributed by atoms with van der Waals surface area (Å²) >= 11 is 0. The number of carbonyl (C=O) groups is 1. The van der Waals surface area contributed by atoms with Gasteiger partial charge in [-0.2, -0.15) is 0 Å². The minimum absolute atomic E-state index is 0.0848. The van der Waals surface area contributed by atoms with Crippen molar-refractivity contribution in [2.75, 3.05) is 58.3 Å². The average Bonchev–Trinajstić information content (AvgIpc) is 2.63. The molecule has 1 amide bonds. The number of pyridine rings is 1. The first kappa shape index (κ1) is 17.0. The number of rotatable bonds is 3. The highest BCUT2D eigenvalue weighted by molar-refractivity contribution is 5.80. The molecule has 132 valence electrons. The van der Waals surface area contributed by atoms with Crippen molar-refractivity contribution in [3.05, 3.63) is 18.3 Å². The number of hydrogen-bond acceptors (Lipinski definition) is 6. The second-order valence-corrected chi connectivity index (χ2v) is 6.60. The molecule has 24 heavy (non-hydrogen) atoms. The molecule has 3 heterocycles. The van der Waals surface area contributed by atoms with Crippen molar-refractivity contribution < 1.29 is 14.6 Å². The molecule has 1 aromatic heterocycles. The fourth-order valence-corrected chi connectivity index (χ4v) is 3.45. The van der Waals surface area contributed by atoms with Gasteiger partial charge in [-0.25, -0.2) is 4.98 Å². The fourth-order valence-electron chi connectivity index (χ4n) is 3.45. The van der Waals surface area contributed by atoms with E-state index in [0.717, 1.165) is 25.3 Å². The van der Waals surface area contributed by atoms with E-state index in [-0.39, 0.29) is 11.8 Å². The zero-order chi connectivity index (χ0) is 17.1. The number of nitrogens with zero attached hydrogens (tertiary/aromatic N) is 4. The van der Waals surface area contributed by atoms with Crippen LogP contribution in [-0.2, 0) is 4.79 Å². The van der Waals surface area contributed by atoms with Crippen LogP contribution in [0.5, 0.6) is 5.88 Å². The number of aromatic nitrogens is 1. The summed E-state index contributed by atoms with van der Waals surface area (Å²) in [6.07, 6.45) is 1.96. The Kier molecular flexibility index (Phi) is 5.20. The number of anilines is 1. The van der Waals surface area contributed by atoms with Crippen LogP contribution in [0.15, 0.2) is 18.3 Å². The number of carbonyl (C=O) groups excluding carboxylic acids is 1. The summed E-state index contributed by atoms with van der Waals surface area (Å²) in [5.41, 5.74) is 1.04. The SMILES string of the molecule is COc1ccc(N2CCN(C(=O)[C@@H]3CN(C)CC[C@@H]3O)CC2)cn1. The van der Waals surface area contributed by atoms with Crippen molar-refractivity contribution in [1.82, 2.24) is 14.8 Å². The van der Waals surface area contributed by atoms with Crippen LogP contribution in [0.4, 0.5) is 5.69 Å². The van der Waals surface area contributed by atoms with Crippen LogP contribution < -0.4 is 9.64 Å². The van der Waals surface area contributed by atoms with E-state index in [9.17, 15) is 9.90 Å². The van der Waals surface area contributed by atoms with E-state index in [1.165, 1.54) is 0 Å². The Labute approximate surface area is 142 Å². The van der Waals surface area contributed by atoms with Crippen molar-refractivity contribution in [1.29, 1.82) is 0 Å². The molecule has 0 spiro atoms. The quantitative estimate of drug-likeness (QED) is 0.842. The van der Waals surface area contributed by atoms with Gasteiger partial charge in [-0.3, -0.25) is 4.79 Å². The molecule has 2 fully saturated rings. The van der Waals surface area contributed by atoms with Gasteiger partial charge in [-0.05, 0) is 19.5 Å². The zero-order valence-corrected chi connectivity index (χ0v) is 14.4. The number of methoxy groups -OCH3 is 1. The minimum atomic E-state index is -0.516. The van der Waals surface area contributed by atoms with Gasteiger partial charge in [-0.15, -0.1) is 0 Å². The smallest absolute Gasteiger partial charge is 0.229 e. The van der Waals surface area contributed by atoms with E-state index in [4.69, 9.17) is 4.74 Å². The molecule has 2 aliphatic heterocycles. The van der Waals surface area contributed by atoms with E-state index in [2.05, 4.69) is 14.8 Å². The Bertz CT molecular complexity index is 557. The first-order valence-corrected chi connectivity index (χ1v) is 8.49. The Morgan fingerprint density at radius 1 is 1.25 bits per heavy atom. The molecule has 3 rings (SSSR count). The normalized spacial score (nSPS) is 25.6. The van der Waals surface area contributed by atoms with Crippen LogP contribution in [0, 0.1) is 5.92 Å². The Morgan fingerprint density at radius 2 is 2.00 bits per heavy atom. The van der Waals surface area contributed by atoms with Crippen LogP contribution in [0.3, 0.4) is 0 Å². The van der Waals surface area contributed by atoms with Gasteiger partial charge in [0.15, 0.2) is 0 Å². The second kappa shape index (κ2) is 7.36. The van der Waals surface area contributed by atoms with Gasteiger partial charge in [0.25, 0.3) is 0 Å². The lowest BCUT2D eigenvalue weighted by atomic mass is 9.93. The number of piperidine rings is 1. The molecule has 0 aromatic carbocycles. The van der Waals surface area contributed by atoms with E-state index in [1.54, 1.807) is 13.3 Å². The minimum Gasteiger partial charge on any atom is -0.481 e. The highest BCUT2D eigenvalue weighted by Crippen LogP contribution is 2.22. The molecule has 7 nitrogen and oxygen atoms in total. The molecule has 0 unspecified atom stereocenters. The van der Waals surface area contributed by atoms with E-state index in [1.807, 2.05) is 24.1 Å². The number of aliphatic hydroxyl groups is 1. The molecule has 1 aromatic rings. The first-order valence-electron chi connectivity index (χ1n) is 8.49. The van der Waals surface area contributed by atoms with Crippen molar-refractivity contribution in [3.63, 3.8) is 0 Å². The van der Waals surface area contributed by atoms with Gasteiger partial charge >= 0.3 is 0 Å². The Morgan fingerprint density at radius 3 is 2.62 bits per heavy atom. The summed E-state index contributed by atoms with van der Waals surface area (Å²) in [6, 6.07) is 3.84. The molecule has 0 saturated carbocycles. The Balaban J connectivity index is 1.56. The predicted octanol–water partition coefficient (Wildman–Crippen LogP) is 0.0514. The average molecular weight is 334 g/mol. The molecule has 2 saturated heterocycles. The van der Waals surface area contributed by atoms with Crippen molar-refractivity contribution in [2.24, 2.45) is 5.92 Å². The maximum atomic E-state index is 12.7. The molecule has 0 aliphatic carbocycles. The maximum Gasteiger partial charge on any atom is 0.229 e. The lowest BCUT2D eigenvalue weighted by molar-refractivity contribution is -0.142. The number of amides is 1. The van der Waals surface area contributed by atoms with E-state index < -0.39 is 6.10 Å². The number of ether oxygens (including phenoxy) is 1. The van der Waals surface area contributed by atoms with Crippen LogP contribution in [0.25, 0.3) is 0 Å². The summed E-state index contributed by atoms with van der Waals surface area (Å²) in [4.78, 5) is 23.2. The van der Waals surface area contributed by atoms with E-state index in [0.29, 0.717) is 31.9 Å². The second-order valence-electron chi connectivity index (χ2n) is 6.60. The monoisotopic (exact) mass is 334 g/mol. The number of piperazine rings is 1. The van der Waals surface area contributed by atoms with Crippen LogP contribution in [0.1, 0.15) is 6.42 Å². The molecule has 1 N–H and O–H groups in total. The standard InChI is InChI=1S/C17H26N4O3/c1-19-6-5-15(22)14(12-19)17(23)21-9-7-20(8-10-21)13-3-4-16(24-2)18-11-13/h3-4,11,14-15,22H,5-10,12H2,1-2H3/t14-,15+/m1/s1. The lowest BCUT2D eigenvalue weighted by Crippen LogP contribution is -2.55. The van der Waals surface area contributed by atoms with Crippen molar-refractivity contribution >= 4 is 11.6 Å². The van der Waals surface area contributed by atoms with Gasteiger partial charge in [0, 0.05) is 45.3 Å². The maximum absolute atomic E-state index is 12.7. The van der Waals surface area contributed by atoms with Crippen LogP contribution in [-0.4, -0.2) is 85.3 Å². The number of hydrogen-bond donors (Lipinski definition) is 1. The number of aliphatic hydroxyl groups excluding tert-OH is 1. The van der Waals surface area contributed by atoms with Gasteiger partial charge in [-0.1, -0.05) is 0 Å². The van der Waals surface area contributed by atoms with E-state index >= 15 is 0 Å². The number of likely N-dealkylation sites (tertiary alicyclic amines) is 1. The molecular formula is C17H26N4O3. The van der Waals surface area contributed by atoms with Gasteiger partial charge in [0.2, 0.25) is 11.8 Å². The van der Waals surface area contributed by atoms with Crippen LogP contribution in [0.2, 0.25) is 0 Å². The zero-order valence-electron chi connectivity index (χ0n) is 14.4. The summed E-state index contributed by atoms with van der Waals surface area (Å²) in [6.45, 7) is 4.40. The molecule has 0 radical (unpaired) electrons. The summed E-state index contributed by atoms with van der Waals surface area (Å²) < 4.78 is 5.08. The molecule has 2 atom stereocenters. The summed E-state index contributed by atoms with van der Waals surface area (Å²) in [5.74, 6) is 0.391. The molecule has 7 heteroatoms. The molecule has 0 bridgehead atoms. The molecular weight excluding hydrogens is 308 g/mol. The third kappa shape index (κ3) is 3.62. The molecule has 2 aliphatic rings. The topological polar surface area (TPSA) is 69.1 Å². The highest BCUT2D eigenvalue weighted by atomic mass is 16.5. The van der Waals surface area contributed by atoms with Crippen LogP contribution >= 0.6 is 0 Å². The van der Waals surface area contributed by atoms with Gasteiger partial charge in [0.1, 0.15) is 0 Å². The third-order valence-corrected chi connectivity index (χ3v) is 4.98.